The van der Waals surface area contributed by atoms with Gasteiger partial charge in [-0.1, -0.05) is 12.1 Å². The van der Waals surface area contributed by atoms with E-state index in [1.54, 1.807) is 18.2 Å². The van der Waals surface area contributed by atoms with Gasteiger partial charge < -0.3 is 20.1 Å². The number of benzene rings is 1. The molecule has 2 amide bonds. The number of rotatable bonds is 7. The maximum atomic E-state index is 12.0. The summed E-state index contributed by atoms with van der Waals surface area (Å²) in [6, 6.07) is 7.18. The van der Waals surface area contributed by atoms with Crippen LogP contribution in [0.2, 0.25) is 0 Å². The predicted molar refractivity (Wildman–Crippen MR) is 87.4 cm³/mol. The monoisotopic (exact) mass is 320 g/mol. The number of anilines is 1. The average Bonchev–Trinajstić information content (AvgIpc) is 3.00. The first-order valence-electron chi connectivity index (χ1n) is 7.98. The number of hydrogen-bond acceptors (Lipinski definition) is 4. The van der Waals surface area contributed by atoms with E-state index in [2.05, 4.69) is 10.6 Å². The lowest BCUT2D eigenvalue weighted by Gasteiger charge is -2.15. The molecule has 1 atom stereocenters. The molecule has 6 heteroatoms. The minimum Gasteiger partial charge on any atom is -0.489 e. The smallest absolute Gasteiger partial charge is 0.233 e. The largest absolute Gasteiger partial charge is 0.489 e. The van der Waals surface area contributed by atoms with Crippen LogP contribution in [-0.4, -0.2) is 37.2 Å². The predicted octanol–water partition coefficient (Wildman–Crippen LogP) is 2.10. The molecule has 0 saturated carbocycles. The molecule has 1 aliphatic heterocycles. The summed E-state index contributed by atoms with van der Waals surface area (Å²) in [4.78, 5) is 23.8. The highest BCUT2D eigenvalue weighted by molar-refractivity contribution is 6.04. The Balaban J connectivity index is 1.80. The van der Waals surface area contributed by atoms with Gasteiger partial charge in [-0.25, -0.2) is 0 Å². The van der Waals surface area contributed by atoms with Crippen molar-refractivity contribution in [2.75, 3.05) is 18.5 Å². The third-order valence-electron chi connectivity index (χ3n) is 3.40. The quantitative estimate of drug-likeness (QED) is 0.754. The lowest BCUT2D eigenvalue weighted by molar-refractivity contribution is -0.127. The molecule has 1 aliphatic rings. The molecule has 1 unspecified atom stereocenters. The van der Waals surface area contributed by atoms with Gasteiger partial charge in [-0.15, -0.1) is 0 Å². The van der Waals surface area contributed by atoms with Gasteiger partial charge in [0.2, 0.25) is 11.8 Å². The summed E-state index contributed by atoms with van der Waals surface area (Å²) in [5.74, 6) is -0.0782. The van der Waals surface area contributed by atoms with Crippen molar-refractivity contribution in [3.05, 3.63) is 24.3 Å². The Kier molecular flexibility index (Phi) is 6.40. The van der Waals surface area contributed by atoms with Crippen LogP contribution in [0.5, 0.6) is 5.75 Å². The zero-order chi connectivity index (χ0) is 16.7. The molecule has 0 spiro atoms. The summed E-state index contributed by atoms with van der Waals surface area (Å²) in [5, 5.41) is 5.45. The second-order valence-electron chi connectivity index (χ2n) is 5.83. The maximum Gasteiger partial charge on any atom is 0.233 e. The molecule has 1 fully saturated rings. The van der Waals surface area contributed by atoms with Gasteiger partial charge in [0.1, 0.15) is 12.2 Å². The Morgan fingerprint density at radius 3 is 2.78 bits per heavy atom. The van der Waals surface area contributed by atoms with Crippen molar-refractivity contribution in [3.8, 4) is 5.75 Å². The first-order valence-corrected chi connectivity index (χ1v) is 7.98. The Morgan fingerprint density at radius 1 is 1.30 bits per heavy atom. The molecule has 2 rings (SSSR count). The fraction of sp³-hybridized carbons (Fsp3) is 0.529. The molecule has 0 aromatic heterocycles. The summed E-state index contributed by atoms with van der Waals surface area (Å²) in [6.45, 7) is 5.03. The summed E-state index contributed by atoms with van der Waals surface area (Å²) in [6.07, 6.45) is 1.83. The molecule has 2 N–H and O–H groups in total. The van der Waals surface area contributed by atoms with E-state index in [9.17, 15) is 9.59 Å². The summed E-state index contributed by atoms with van der Waals surface area (Å²) in [7, 11) is 0. The molecule has 1 aromatic carbocycles. The fourth-order valence-electron chi connectivity index (χ4n) is 2.36. The minimum absolute atomic E-state index is 0.00256. The molecule has 1 saturated heterocycles. The van der Waals surface area contributed by atoms with Crippen molar-refractivity contribution in [1.82, 2.24) is 5.32 Å². The highest BCUT2D eigenvalue weighted by atomic mass is 16.5. The van der Waals surface area contributed by atoms with Crippen LogP contribution >= 0.6 is 0 Å². The summed E-state index contributed by atoms with van der Waals surface area (Å²) >= 11 is 0. The van der Waals surface area contributed by atoms with Gasteiger partial charge in [0.15, 0.2) is 0 Å². The molecular formula is C17H24N2O4. The number of hydrogen-bond donors (Lipinski definition) is 2. The second kappa shape index (κ2) is 8.53. The Bertz CT molecular complexity index is 539. The van der Waals surface area contributed by atoms with Crippen molar-refractivity contribution >= 4 is 17.5 Å². The van der Waals surface area contributed by atoms with Gasteiger partial charge in [0.05, 0.1) is 17.9 Å². The van der Waals surface area contributed by atoms with Crippen LogP contribution in [0, 0.1) is 0 Å². The SMILES string of the molecule is CC(C)Oc1ccccc1NC(=O)CC(=O)NCC1CCCO1. The van der Waals surface area contributed by atoms with E-state index in [0.29, 0.717) is 18.0 Å². The van der Waals surface area contributed by atoms with Crippen LogP contribution in [-0.2, 0) is 14.3 Å². The van der Waals surface area contributed by atoms with Gasteiger partial charge in [-0.05, 0) is 38.8 Å². The molecule has 1 heterocycles. The van der Waals surface area contributed by atoms with Crippen LogP contribution in [0.3, 0.4) is 0 Å². The van der Waals surface area contributed by atoms with Gasteiger partial charge in [0, 0.05) is 13.2 Å². The first kappa shape index (κ1) is 17.3. The topological polar surface area (TPSA) is 76.7 Å². The molecule has 0 aliphatic carbocycles. The highest BCUT2D eigenvalue weighted by Gasteiger charge is 2.17. The third-order valence-corrected chi connectivity index (χ3v) is 3.40. The van der Waals surface area contributed by atoms with Crippen molar-refractivity contribution in [2.45, 2.75) is 45.3 Å². The standard InChI is InChI=1S/C17H24N2O4/c1-12(2)23-15-8-4-3-7-14(15)19-17(21)10-16(20)18-11-13-6-5-9-22-13/h3-4,7-8,12-13H,5-6,9-11H2,1-2H3,(H,18,20)(H,19,21). The lowest BCUT2D eigenvalue weighted by Crippen LogP contribution is -2.34. The van der Waals surface area contributed by atoms with E-state index in [-0.39, 0.29) is 30.4 Å². The van der Waals surface area contributed by atoms with Crippen molar-refractivity contribution < 1.29 is 19.1 Å². The van der Waals surface area contributed by atoms with Crippen LogP contribution < -0.4 is 15.4 Å². The second-order valence-corrected chi connectivity index (χ2v) is 5.83. The molecule has 1 aromatic rings. The highest BCUT2D eigenvalue weighted by Crippen LogP contribution is 2.24. The summed E-state index contributed by atoms with van der Waals surface area (Å²) in [5.41, 5.74) is 0.568. The van der Waals surface area contributed by atoms with E-state index in [1.165, 1.54) is 0 Å². The van der Waals surface area contributed by atoms with Gasteiger partial charge in [-0.3, -0.25) is 9.59 Å². The molecule has 126 valence electrons. The van der Waals surface area contributed by atoms with Crippen LogP contribution in [0.15, 0.2) is 24.3 Å². The van der Waals surface area contributed by atoms with E-state index in [1.807, 2.05) is 19.9 Å². The van der Waals surface area contributed by atoms with Gasteiger partial charge in [0.25, 0.3) is 0 Å². The van der Waals surface area contributed by atoms with Crippen molar-refractivity contribution in [2.24, 2.45) is 0 Å². The number of carbonyl (C=O) groups is 2. The molecule has 0 radical (unpaired) electrons. The number of carbonyl (C=O) groups excluding carboxylic acids is 2. The van der Waals surface area contributed by atoms with E-state index < -0.39 is 0 Å². The normalized spacial score (nSPS) is 17.1. The van der Waals surface area contributed by atoms with Crippen LogP contribution in [0.1, 0.15) is 33.1 Å². The Morgan fingerprint density at radius 2 is 2.09 bits per heavy atom. The zero-order valence-corrected chi connectivity index (χ0v) is 13.6. The van der Waals surface area contributed by atoms with Gasteiger partial charge >= 0.3 is 0 Å². The lowest BCUT2D eigenvalue weighted by atomic mass is 10.2. The van der Waals surface area contributed by atoms with E-state index >= 15 is 0 Å². The maximum absolute atomic E-state index is 12.0. The number of nitrogens with one attached hydrogen (secondary N) is 2. The third kappa shape index (κ3) is 5.90. The van der Waals surface area contributed by atoms with Crippen LogP contribution in [0.25, 0.3) is 0 Å². The summed E-state index contributed by atoms with van der Waals surface area (Å²) < 4.78 is 11.1. The Hall–Kier alpha value is -2.08. The average molecular weight is 320 g/mol. The number of para-hydroxylation sites is 2. The first-order chi connectivity index (χ1) is 11.0. The van der Waals surface area contributed by atoms with Crippen molar-refractivity contribution in [3.63, 3.8) is 0 Å². The zero-order valence-electron chi connectivity index (χ0n) is 13.6. The van der Waals surface area contributed by atoms with E-state index in [0.717, 1.165) is 19.4 Å². The molecule has 0 bridgehead atoms. The molecule has 23 heavy (non-hydrogen) atoms. The molecular weight excluding hydrogens is 296 g/mol. The number of ether oxygens (including phenoxy) is 2. The fourth-order valence-corrected chi connectivity index (χ4v) is 2.36. The van der Waals surface area contributed by atoms with Crippen molar-refractivity contribution in [1.29, 1.82) is 0 Å². The molecule has 6 nitrogen and oxygen atoms in total. The number of amides is 2. The Labute approximate surface area is 136 Å². The minimum atomic E-state index is -0.366. The van der Waals surface area contributed by atoms with E-state index in [4.69, 9.17) is 9.47 Å². The van der Waals surface area contributed by atoms with Gasteiger partial charge in [-0.2, -0.15) is 0 Å². The van der Waals surface area contributed by atoms with Crippen LogP contribution in [0.4, 0.5) is 5.69 Å².